The van der Waals surface area contributed by atoms with Gasteiger partial charge in [0.2, 0.25) is 5.89 Å². The molecule has 5 heteroatoms. The number of aromatic nitrogens is 1. The van der Waals surface area contributed by atoms with Gasteiger partial charge in [0.15, 0.2) is 5.58 Å². The number of oxazole rings is 1. The molecule has 0 radical (unpaired) electrons. The number of aromatic hydroxyl groups is 1. The molecule has 1 atom stereocenters. The number of fused-ring (bicyclic) bond motifs is 1. The minimum absolute atomic E-state index is 0.244. The number of hydrogen-bond donors (Lipinski definition) is 2. The highest BCUT2D eigenvalue weighted by molar-refractivity contribution is 9.10. The molecule has 3 aromatic rings. The molecule has 0 aliphatic heterocycles. The molecule has 0 aliphatic carbocycles. The van der Waals surface area contributed by atoms with Gasteiger partial charge in [-0.15, -0.1) is 0 Å². The van der Waals surface area contributed by atoms with Crippen LogP contribution in [0.25, 0.3) is 11.1 Å². The zero-order chi connectivity index (χ0) is 14.1. The number of nitrogens with zero attached hydrogens (tertiary/aromatic N) is 1. The maximum absolute atomic E-state index is 9.27. The molecule has 102 valence electrons. The number of halogens is 1. The fourth-order valence-corrected chi connectivity index (χ4v) is 2.50. The van der Waals surface area contributed by atoms with E-state index < -0.39 is 0 Å². The number of rotatable bonds is 3. The Morgan fingerprint density at radius 3 is 2.65 bits per heavy atom. The van der Waals surface area contributed by atoms with E-state index >= 15 is 0 Å². The summed E-state index contributed by atoms with van der Waals surface area (Å²) in [4.78, 5) is 4.42. The molecule has 2 aromatic carbocycles. The van der Waals surface area contributed by atoms with E-state index in [2.05, 4.69) is 20.9 Å². The Morgan fingerprint density at radius 1 is 1.20 bits per heavy atom. The predicted octanol–water partition coefficient (Wildman–Crippen LogP) is 3.54. The fraction of sp³-hybridized carbons (Fsp3) is 0.133. The van der Waals surface area contributed by atoms with Gasteiger partial charge < -0.3 is 15.3 Å². The lowest BCUT2D eigenvalue weighted by atomic mass is 10.1. The van der Waals surface area contributed by atoms with Crippen molar-refractivity contribution < 1.29 is 9.52 Å². The SMILES string of the molecule is NC(Cc1ccc(O)cc1)c1nc2cccc(Br)c2o1. The van der Waals surface area contributed by atoms with Gasteiger partial charge in [-0.3, -0.25) is 0 Å². The van der Waals surface area contributed by atoms with Crippen molar-refractivity contribution in [3.05, 3.63) is 58.4 Å². The van der Waals surface area contributed by atoms with Gasteiger partial charge in [-0.1, -0.05) is 18.2 Å². The molecule has 4 nitrogen and oxygen atoms in total. The summed E-state index contributed by atoms with van der Waals surface area (Å²) < 4.78 is 6.59. The van der Waals surface area contributed by atoms with Gasteiger partial charge in [-0.05, 0) is 52.2 Å². The maximum atomic E-state index is 9.27. The third kappa shape index (κ3) is 2.55. The molecular weight excluding hydrogens is 320 g/mol. The van der Waals surface area contributed by atoms with Crippen LogP contribution in [0.3, 0.4) is 0 Å². The number of phenols is 1. The van der Waals surface area contributed by atoms with Gasteiger partial charge in [-0.25, -0.2) is 4.98 Å². The van der Waals surface area contributed by atoms with E-state index in [0.717, 1.165) is 15.6 Å². The Labute approximate surface area is 124 Å². The van der Waals surface area contributed by atoms with Gasteiger partial charge in [0.25, 0.3) is 0 Å². The van der Waals surface area contributed by atoms with Gasteiger partial charge in [-0.2, -0.15) is 0 Å². The molecule has 0 spiro atoms. The summed E-state index contributed by atoms with van der Waals surface area (Å²) in [6.07, 6.45) is 0.602. The maximum Gasteiger partial charge on any atom is 0.212 e. The summed E-state index contributed by atoms with van der Waals surface area (Å²) >= 11 is 3.43. The smallest absolute Gasteiger partial charge is 0.212 e. The first-order valence-corrected chi connectivity index (χ1v) is 7.01. The van der Waals surface area contributed by atoms with Crippen molar-refractivity contribution in [2.75, 3.05) is 0 Å². The van der Waals surface area contributed by atoms with Crippen LogP contribution >= 0.6 is 15.9 Å². The van der Waals surface area contributed by atoms with Crippen molar-refractivity contribution in [2.24, 2.45) is 5.73 Å². The third-order valence-electron chi connectivity index (χ3n) is 3.09. The summed E-state index contributed by atoms with van der Waals surface area (Å²) in [5.41, 5.74) is 8.67. The number of nitrogens with two attached hydrogens (primary N) is 1. The van der Waals surface area contributed by atoms with Crippen molar-refractivity contribution in [3.8, 4) is 5.75 Å². The van der Waals surface area contributed by atoms with Crippen LogP contribution < -0.4 is 5.73 Å². The molecule has 0 aliphatic rings. The van der Waals surface area contributed by atoms with Crippen molar-refractivity contribution in [1.29, 1.82) is 0 Å². The van der Waals surface area contributed by atoms with E-state index in [1.54, 1.807) is 12.1 Å². The largest absolute Gasteiger partial charge is 0.508 e. The van der Waals surface area contributed by atoms with Crippen LogP contribution in [0.5, 0.6) is 5.75 Å². The highest BCUT2D eigenvalue weighted by Gasteiger charge is 2.15. The molecule has 0 amide bonds. The summed E-state index contributed by atoms with van der Waals surface area (Å²) in [5, 5.41) is 9.27. The third-order valence-corrected chi connectivity index (χ3v) is 3.72. The highest BCUT2D eigenvalue weighted by atomic mass is 79.9. The minimum atomic E-state index is -0.321. The first-order valence-electron chi connectivity index (χ1n) is 6.22. The Balaban J connectivity index is 1.86. The van der Waals surface area contributed by atoms with E-state index in [9.17, 15) is 5.11 Å². The number of para-hydroxylation sites is 1. The summed E-state index contributed by atoms with van der Waals surface area (Å²) in [6.45, 7) is 0. The highest BCUT2D eigenvalue weighted by Crippen LogP contribution is 2.27. The Bertz CT molecular complexity index is 737. The fourth-order valence-electron chi connectivity index (χ4n) is 2.06. The van der Waals surface area contributed by atoms with Crippen molar-refractivity contribution in [3.63, 3.8) is 0 Å². The van der Waals surface area contributed by atoms with Gasteiger partial charge in [0.1, 0.15) is 11.3 Å². The van der Waals surface area contributed by atoms with Crippen LogP contribution in [0, 0.1) is 0 Å². The predicted molar refractivity (Wildman–Crippen MR) is 80.4 cm³/mol. The first-order chi connectivity index (χ1) is 9.63. The van der Waals surface area contributed by atoms with E-state index in [-0.39, 0.29) is 11.8 Å². The molecule has 0 bridgehead atoms. The zero-order valence-corrected chi connectivity index (χ0v) is 12.2. The normalized spacial score (nSPS) is 12.7. The number of phenolic OH excluding ortho intramolecular Hbond substituents is 1. The quantitative estimate of drug-likeness (QED) is 0.769. The molecule has 0 saturated heterocycles. The average molecular weight is 333 g/mol. The van der Waals surface area contributed by atoms with E-state index in [0.29, 0.717) is 17.9 Å². The summed E-state index contributed by atoms with van der Waals surface area (Å²) in [7, 11) is 0. The second-order valence-electron chi connectivity index (χ2n) is 4.62. The molecule has 1 heterocycles. The van der Waals surface area contributed by atoms with Crippen LogP contribution in [0.4, 0.5) is 0 Å². The van der Waals surface area contributed by atoms with Crippen LogP contribution in [-0.2, 0) is 6.42 Å². The zero-order valence-electron chi connectivity index (χ0n) is 10.6. The van der Waals surface area contributed by atoms with Gasteiger partial charge in [0.05, 0.1) is 10.5 Å². The number of hydrogen-bond acceptors (Lipinski definition) is 4. The van der Waals surface area contributed by atoms with Crippen molar-refractivity contribution in [1.82, 2.24) is 4.98 Å². The molecule has 20 heavy (non-hydrogen) atoms. The lowest BCUT2D eigenvalue weighted by Crippen LogP contribution is -2.13. The van der Waals surface area contributed by atoms with Crippen LogP contribution in [0.1, 0.15) is 17.5 Å². The number of benzene rings is 2. The monoisotopic (exact) mass is 332 g/mol. The van der Waals surface area contributed by atoms with Crippen LogP contribution in [0.15, 0.2) is 51.4 Å². The lowest BCUT2D eigenvalue weighted by molar-refractivity contribution is 0.470. The van der Waals surface area contributed by atoms with Crippen molar-refractivity contribution >= 4 is 27.0 Å². The first kappa shape index (κ1) is 13.1. The molecule has 1 unspecified atom stereocenters. The molecule has 0 saturated carbocycles. The van der Waals surface area contributed by atoms with Crippen LogP contribution in [0.2, 0.25) is 0 Å². The van der Waals surface area contributed by atoms with Gasteiger partial charge in [0, 0.05) is 0 Å². The Hall–Kier alpha value is -1.85. The Kier molecular flexibility index (Phi) is 3.46. The van der Waals surface area contributed by atoms with Gasteiger partial charge >= 0.3 is 0 Å². The second kappa shape index (κ2) is 5.26. The summed E-state index contributed by atoms with van der Waals surface area (Å²) in [5.74, 6) is 0.757. The molecular formula is C15H13BrN2O2. The standard InChI is InChI=1S/C15H13BrN2O2/c16-11-2-1-3-13-14(11)20-15(18-13)12(17)8-9-4-6-10(19)7-5-9/h1-7,12,19H,8,17H2. The van der Waals surface area contributed by atoms with Crippen LogP contribution in [-0.4, -0.2) is 10.1 Å². The van der Waals surface area contributed by atoms with Crippen molar-refractivity contribution in [2.45, 2.75) is 12.5 Å². The molecule has 0 fully saturated rings. The lowest BCUT2D eigenvalue weighted by Gasteiger charge is -2.07. The second-order valence-corrected chi connectivity index (χ2v) is 5.47. The molecule has 1 aromatic heterocycles. The average Bonchev–Trinajstić information content (AvgIpc) is 2.87. The Morgan fingerprint density at radius 2 is 1.95 bits per heavy atom. The van der Waals surface area contributed by atoms with E-state index in [4.69, 9.17) is 10.2 Å². The topological polar surface area (TPSA) is 72.3 Å². The molecule has 3 N–H and O–H groups in total. The summed E-state index contributed by atoms with van der Waals surface area (Å²) in [6, 6.07) is 12.4. The molecule has 3 rings (SSSR count). The minimum Gasteiger partial charge on any atom is -0.508 e. The van der Waals surface area contributed by atoms with E-state index in [1.165, 1.54) is 0 Å². The van der Waals surface area contributed by atoms with E-state index in [1.807, 2.05) is 30.3 Å².